The van der Waals surface area contributed by atoms with Crippen molar-refractivity contribution in [2.45, 2.75) is 57.4 Å². The maximum Gasteiger partial charge on any atom is 0.261 e. The Kier molecular flexibility index (Phi) is 11.0. The number of aliphatic imine (C=N–C) groups is 1. The lowest BCUT2D eigenvalue weighted by molar-refractivity contribution is 0.0976. The SMILES string of the molecule is C=C(CCCCOc1cc(COc2cc3c(cc2OC)C(=O)N2c4ccccc4C[C@H]2C=N3)cc(COc2cc3c(cc2OC)C(=O)N2c4ccccc4C[C@H]2CN3)c1)OC. The summed E-state index contributed by atoms with van der Waals surface area (Å²) in [6, 6.07) is 28.8. The molecule has 12 heteroatoms. The monoisotopic (exact) mass is 820 g/mol. The molecule has 4 heterocycles. The third-order valence-corrected chi connectivity index (χ3v) is 11.7. The number of carbonyl (C=O) groups excluding carboxylic acids is 2. The predicted molar refractivity (Wildman–Crippen MR) is 235 cm³/mol. The minimum atomic E-state index is -0.171. The van der Waals surface area contributed by atoms with Crippen LogP contribution >= 0.6 is 0 Å². The number of fused-ring (bicyclic) bond motifs is 8. The quantitative estimate of drug-likeness (QED) is 0.0816. The first-order valence-electron chi connectivity index (χ1n) is 20.6. The maximum absolute atomic E-state index is 14.0. The third kappa shape index (κ3) is 7.81. The van der Waals surface area contributed by atoms with Gasteiger partial charge in [-0.3, -0.25) is 19.5 Å². The molecule has 0 aromatic heterocycles. The smallest absolute Gasteiger partial charge is 0.261 e. The van der Waals surface area contributed by atoms with Crippen LogP contribution in [-0.4, -0.2) is 64.6 Å². The van der Waals surface area contributed by atoms with E-state index in [0.717, 1.165) is 59.5 Å². The van der Waals surface area contributed by atoms with E-state index in [9.17, 15) is 9.59 Å². The number of carbonyl (C=O) groups is 2. The summed E-state index contributed by atoms with van der Waals surface area (Å²) in [5.41, 5.74) is 8.00. The molecular formula is C49H48N4O8. The zero-order valence-corrected chi connectivity index (χ0v) is 34.6. The molecule has 61 heavy (non-hydrogen) atoms. The highest BCUT2D eigenvalue weighted by Crippen LogP contribution is 2.43. The fraction of sp³-hybridized carbons (Fsp3) is 0.286. The Labute approximate surface area is 355 Å². The second-order valence-corrected chi connectivity index (χ2v) is 15.6. The molecule has 2 atom stereocenters. The van der Waals surface area contributed by atoms with Crippen LogP contribution < -0.4 is 38.8 Å². The summed E-state index contributed by atoms with van der Waals surface area (Å²) in [6.07, 6.45) is 5.78. The molecule has 5 aromatic rings. The Morgan fingerprint density at radius 1 is 0.721 bits per heavy atom. The van der Waals surface area contributed by atoms with E-state index in [1.165, 1.54) is 5.56 Å². The van der Waals surface area contributed by atoms with Crippen LogP contribution in [0.2, 0.25) is 0 Å². The van der Waals surface area contributed by atoms with Gasteiger partial charge in [0.05, 0.1) is 68.3 Å². The van der Waals surface area contributed by atoms with E-state index in [1.54, 1.807) is 39.5 Å². The number of nitrogens with one attached hydrogen (secondary N) is 1. The van der Waals surface area contributed by atoms with Gasteiger partial charge in [-0.25, -0.2) is 0 Å². The summed E-state index contributed by atoms with van der Waals surface area (Å²) in [6.45, 7) is 5.37. The normalized spacial score (nSPS) is 16.8. The number of hydrogen-bond acceptors (Lipinski definition) is 10. The Hall–Kier alpha value is -6.95. The number of nitrogens with zero attached hydrogens (tertiary/aromatic N) is 3. The van der Waals surface area contributed by atoms with Crippen LogP contribution in [0.1, 0.15) is 62.2 Å². The fourth-order valence-corrected chi connectivity index (χ4v) is 8.62. The van der Waals surface area contributed by atoms with Gasteiger partial charge in [0, 0.05) is 49.1 Å². The number of para-hydroxylation sites is 2. The highest BCUT2D eigenvalue weighted by Gasteiger charge is 2.38. The zero-order valence-electron chi connectivity index (χ0n) is 34.6. The molecule has 0 radical (unpaired) electrons. The summed E-state index contributed by atoms with van der Waals surface area (Å²) in [5.74, 6) is 3.04. The van der Waals surface area contributed by atoms with Gasteiger partial charge >= 0.3 is 0 Å². The Morgan fingerprint density at radius 3 is 2.07 bits per heavy atom. The number of allylic oxidation sites excluding steroid dienone is 1. The van der Waals surface area contributed by atoms with Crippen LogP contribution in [0.5, 0.6) is 28.7 Å². The Bertz CT molecular complexity index is 2550. The second kappa shape index (κ2) is 17.0. The van der Waals surface area contributed by atoms with Crippen molar-refractivity contribution >= 4 is 40.8 Å². The summed E-state index contributed by atoms with van der Waals surface area (Å²) >= 11 is 0. The van der Waals surface area contributed by atoms with Crippen LogP contribution in [0, 0.1) is 0 Å². The molecule has 4 aliphatic heterocycles. The average Bonchev–Trinajstić information content (AvgIpc) is 3.78. The first-order valence-corrected chi connectivity index (χ1v) is 20.6. The first-order chi connectivity index (χ1) is 29.8. The van der Waals surface area contributed by atoms with Crippen LogP contribution in [0.15, 0.2) is 108 Å². The minimum absolute atomic E-state index is 0.00621. The van der Waals surface area contributed by atoms with Gasteiger partial charge in [0.2, 0.25) is 0 Å². The lowest BCUT2D eigenvalue weighted by Gasteiger charge is -2.22. The molecule has 4 aliphatic rings. The predicted octanol–water partition coefficient (Wildman–Crippen LogP) is 8.86. The molecule has 0 unspecified atom stereocenters. The highest BCUT2D eigenvalue weighted by molar-refractivity contribution is 6.15. The summed E-state index contributed by atoms with van der Waals surface area (Å²) in [7, 11) is 4.76. The molecule has 0 spiro atoms. The topological polar surface area (TPSA) is 120 Å². The van der Waals surface area contributed by atoms with E-state index in [4.69, 9.17) is 33.4 Å². The molecule has 12 nitrogen and oxygen atoms in total. The molecule has 0 saturated heterocycles. The summed E-state index contributed by atoms with van der Waals surface area (Å²) in [4.78, 5) is 36.4. The molecule has 312 valence electrons. The second-order valence-electron chi connectivity index (χ2n) is 15.6. The van der Waals surface area contributed by atoms with Crippen molar-refractivity contribution in [1.29, 1.82) is 0 Å². The number of benzene rings is 5. The average molecular weight is 821 g/mol. The van der Waals surface area contributed by atoms with Gasteiger partial charge in [-0.1, -0.05) is 43.0 Å². The zero-order chi connectivity index (χ0) is 42.0. The van der Waals surface area contributed by atoms with Gasteiger partial charge in [0.1, 0.15) is 19.0 Å². The van der Waals surface area contributed by atoms with E-state index >= 15 is 0 Å². The van der Waals surface area contributed by atoms with Crippen LogP contribution in [-0.2, 0) is 30.8 Å². The van der Waals surface area contributed by atoms with Crippen molar-refractivity contribution in [3.8, 4) is 28.7 Å². The van der Waals surface area contributed by atoms with Gasteiger partial charge in [-0.15, -0.1) is 0 Å². The summed E-state index contributed by atoms with van der Waals surface area (Å²) in [5, 5.41) is 3.51. The third-order valence-electron chi connectivity index (χ3n) is 11.7. The lowest BCUT2D eigenvalue weighted by Crippen LogP contribution is -2.39. The number of unbranched alkanes of at least 4 members (excludes halogenated alkanes) is 1. The molecule has 2 amide bonds. The molecule has 0 aliphatic carbocycles. The molecule has 0 bridgehead atoms. The van der Waals surface area contributed by atoms with E-state index in [0.29, 0.717) is 70.8 Å². The first kappa shape index (κ1) is 39.5. The number of ether oxygens (including phenoxy) is 6. The number of hydrogen-bond donors (Lipinski definition) is 1. The Morgan fingerprint density at radius 2 is 1.36 bits per heavy atom. The molecular weight excluding hydrogens is 773 g/mol. The van der Waals surface area contributed by atoms with Crippen molar-refractivity contribution in [3.63, 3.8) is 0 Å². The van der Waals surface area contributed by atoms with Crippen molar-refractivity contribution in [2.24, 2.45) is 4.99 Å². The van der Waals surface area contributed by atoms with E-state index in [2.05, 4.69) is 24.0 Å². The summed E-state index contributed by atoms with van der Waals surface area (Å²) < 4.78 is 35.9. The number of amides is 2. The van der Waals surface area contributed by atoms with Crippen LogP contribution in [0.3, 0.4) is 0 Å². The number of rotatable bonds is 15. The van der Waals surface area contributed by atoms with Crippen molar-refractivity contribution < 1.29 is 38.0 Å². The van der Waals surface area contributed by atoms with Gasteiger partial charge in [-0.2, -0.15) is 0 Å². The molecule has 9 rings (SSSR count). The van der Waals surface area contributed by atoms with Gasteiger partial charge < -0.3 is 38.6 Å². The molecule has 1 N–H and O–H groups in total. The largest absolute Gasteiger partial charge is 0.502 e. The van der Waals surface area contributed by atoms with Crippen molar-refractivity contribution in [1.82, 2.24) is 0 Å². The van der Waals surface area contributed by atoms with E-state index in [-0.39, 0.29) is 37.1 Å². The number of methoxy groups -OCH3 is 3. The van der Waals surface area contributed by atoms with E-state index in [1.807, 2.05) is 76.7 Å². The molecule has 0 saturated carbocycles. The number of anilines is 3. The van der Waals surface area contributed by atoms with Gasteiger partial charge in [-0.05, 0) is 84.0 Å². The maximum atomic E-state index is 14.0. The standard InChI is InChI=1S/C49H48N4O8/c1-30(56-2)11-9-10-16-59-37-18-31(28-60-46-24-40-38(22-44(46)57-3)48(54)52-35(26-50-40)20-33-12-5-7-14-42(33)52)17-32(19-37)29-61-47-25-41-39(23-45(47)58-4)49(55)53-36(27-51-41)21-34-13-6-8-15-43(34)53/h5-8,12-15,17-19,22-26,35-36,51H,1,9-11,16,20-21,27-29H2,2-4H3/t35-,36-/m0/s1. The van der Waals surface area contributed by atoms with Crippen molar-refractivity contribution in [2.75, 3.05) is 49.6 Å². The lowest BCUT2D eigenvalue weighted by atomic mass is 10.1. The van der Waals surface area contributed by atoms with Crippen LogP contribution in [0.4, 0.5) is 22.7 Å². The Balaban J connectivity index is 0.948. The van der Waals surface area contributed by atoms with E-state index < -0.39 is 0 Å². The molecule has 0 fully saturated rings. The minimum Gasteiger partial charge on any atom is -0.502 e. The van der Waals surface area contributed by atoms with Gasteiger partial charge in [0.25, 0.3) is 11.8 Å². The highest BCUT2D eigenvalue weighted by atomic mass is 16.5. The van der Waals surface area contributed by atoms with Crippen LogP contribution in [0.25, 0.3) is 0 Å². The fourth-order valence-electron chi connectivity index (χ4n) is 8.62. The molecule has 5 aromatic carbocycles. The van der Waals surface area contributed by atoms with Crippen molar-refractivity contribution in [3.05, 3.63) is 137 Å². The van der Waals surface area contributed by atoms with Gasteiger partial charge in [0.15, 0.2) is 23.0 Å².